The van der Waals surface area contributed by atoms with Gasteiger partial charge in [0, 0.05) is 37.6 Å². The Morgan fingerprint density at radius 1 is 0.907 bits per heavy atom. The van der Waals surface area contributed by atoms with Crippen LogP contribution in [0.15, 0.2) is 83.7 Å². The summed E-state index contributed by atoms with van der Waals surface area (Å²) in [5, 5.41) is 24.7. The molecule has 54 heavy (non-hydrogen) atoms. The Hall–Kier alpha value is -4.71. The number of phenols is 1. The molecule has 0 saturated carbocycles. The number of carbonyl (C=O) groups is 2. The van der Waals surface area contributed by atoms with Crippen molar-refractivity contribution in [2.75, 3.05) is 52.4 Å². The minimum atomic E-state index is -0.783. The Bertz CT molecular complexity index is 1930. The van der Waals surface area contributed by atoms with Crippen LogP contribution in [0.5, 0.6) is 11.5 Å². The summed E-state index contributed by atoms with van der Waals surface area (Å²) in [6.07, 6.45) is 5.51. The third-order valence-electron chi connectivity index (χ3n) is 11.7. The zero-order chi connectivity index (χ0) is 37.5. The fourth-order valence-electron chi connectivity index (χ4n) is 8.41. The number of amides is 1. The SMILES string of the molecule is O=C(Cc1ccc(OCCCCCNCC(O)c2ccc(O)c3[nH]c(=O)ccc23)cc1)N1CCC(C(=O)O[C@H]2CN3CCC2CC3)(c2ccccc2)CC1. The fourth-order valence-corrected chi connectivity index (χ4v) is 8.41. The Labute approximate surface area is 316 Å². The molecule has 4 aliphatic heterocycles. The Morgan fingerprint density at radius 2 is 1.67 bits per heavy atom. The monoisotopic (exact) mass is 736 g/mol. The quantitative estimate of drug-likeness (QED) is 0.0996. The summed E-state index contributed by atoms with van der Waals surface area (Å²) in [5.74, 6) is 1.11. The van der Waals surface area contributed by atoms with Crippen LogP contribution < -0.4 is 15.6 Å². The van der Waals surface area contributed by atoms with Crippen molar-refractivity contribution in [2.45, 2.75) is 69.0 Å². The van der Waals surface area contributed by atoms with Gasteiger partial charge in [-0.05, 0) is 111 Å². The number of aliphatic hydroxyl groups is 1. The lowest BCUT2D eigenvalue weighted by atomic mass is 9.72. The molecule has 0 radical (unpaired) electrons. The number of rotatable bonds is 15. The molecular formula is C43H52N4O7. The molecule has 1 unspecified atom stereocenters. The van der Waals surface area contributed by atoms with Crippen LogP contribution in [0.1, 0.15) is 67.7 Å². The molecule has 4 N–H and O–H groups in total. The number of aliphatic hydroxyl groups excluding tert-OH is 1. The number of nitrogens with zero attached hydrogens (tertiary/aromatic N) is 2. The lowest BCUT2D eigenvalue weighted by Crippen LogP contribution is -2.55. The number of ether oxygens (including phenoxy) is 2. The predicted octanol–water partition coefficient (Wildman–Crippen LogP) is 4.85. The van der Waals surface area contributed by atoms with Crippen molar-refractivity contribution in [1.82, 2.24) is 20.1 Å². The molecule has 0 spiro atoms. The molecule has 5 heterocycles. The van der Waals surface area contributed by atoms with E-state index in [0.29, 0.717) is 67.9 Å². The molecule has 2 bridgehead atoms. The van der Waals surface area contributed by atoms with Crippen molar-refractivity contribution in [3.63, 3.8) is 0 Å². The molecule has 4 saturated heterocycles. The molecule has 11 heteroatoms. The van der Waals surface area contributed by atoms with Crippen molar-refractivity contribution < 1.29 is 29.3 Å². The van der Waals surface area contributed by atoms with Crippen molar-refractivity contribution in [1.29, 1.82) is 0 Å². The van der Waals surface area contributed by atoms with Gasteiger partial charge in [-0.3, -0.25) is 19.3 Å². The first kappa shape index (κ1) is 37.6. The van der Waals surface area contributed by atoms with Gasteiger partial charge < -0.3 is 34.9 Å². The van der Waals surface area contributed by atoms with Crippen LogP contribution in [-0.2, 0) is 26.2 Å². The smallest absolute Gasteiger partial charge is 0.317 e. The van der Waals surface area contributed by atoms with E-state index in [1.165, 1.54) is 12.1 Å². The minimum Gasteiger partial charge on any atom is -0.506 e. The number of aromatic amines is 1. The first-order chi connectivity index (χ1) is 26.3. The lowest BCUT2D eigenvalue weighted by molar-refractivity contribution is -0.168. The van der Waals surface area contributed by atoms with E-state index >= 15 is 0 Å². The molecule has 1 aromatic heterocycles. The van der Waals surface area contributed by atoms with Gasteiger partial charge in [-0.15, -0.1) is 0 Å². The summed E-state index contributed by atoms with van der Waals surface area (Å²) in [4.78, 5) is 45.9. The molecule has 8 rings (SSSR count). The summed E-state index contributed by atoms with van der Waals surface area (Å²) in [6.45, 7) is 5.72. The fraction of sp³-hybridized carbons (Fsp3) is 0.465. The van der Waals surface area contributed by atoms with E-state index in [2.05, 4.69) is 15.2 Å². The van der Waals surface area contributed by atoms with E-state index in [4.69, 9.17) is 9.47 Å². The zero-order valence-corrected chi connectivity index (χ0v) is 30.9. The number of unbranched alkanes of at least 4 members (excludes halogenated alkanes) is 2. The molecule has 11 nitrogen and oxygen atoms in total. The Balaban J connectivity index is 0.812. The average Bonchev–Trinajstić information content (AvgIpc) is 3.20. The maximum Gasteiger partial charge on any atom is 0.317 e. The van der Waals surface area contributed by atoms with E-state index in [0.717, 1.165) is 75.2 Å². The van der Waals surface area contributed by atoms with Crippen LogP contribution in [-0.4, -0.2) is 95.4 Å². The number of hydrogen-bond acceptors (Lipinski definition) is 9. The molecule has 2 atom stereocenters. The molecule has 3 aromatic carbocycles. The second kappa shape index (κ2) is 17.2. The van der Waals surface area contributed by atoms with Crippen LogP contribution in [0.4, 0.5) is 0 Å². The number of nitrogens with one attached hydrogen (secondary N) is 2. The molecule has 286 valence electrons. The van der Waals surface area contributed by atoms with Crippen LogP contribution >= 0.6 is 0 Å². The number of pyridine rings is 1. The van der Waals surface area contributed by atoms with Crippen molar-refractivity contribution in [3.05, 3.63) is 106 Å². The third-order valence-corrected chi connectivity index (χ3v) is 11.7. The maximum atomic E-state index is 14.0. The number of aromatic nitrogens is 1. The first-order valence-electron chi connectivity index (χ1n) is 19.5. The molecule has 1 amide bonds. The van der Waals surface area contributed by atoms with E-state index in [1.54, 1.807) is 12.1 Å². The highest BCUT2D eigenvalue weighted by Gasteiger charge is 2.47. The Morgan fingerprint density at radius 3 is 2.39 bits per heavy atom. The van der Waals surface area contributed by atoms with Crippen LogP contribution in [0.25, 0.3) is 10.9 Å². The summed E-state index contributed by atoms with van der Waals surface area (Å²) in [6, 6.07) is 23.9. The molecular weight excluding hydrogens is 684 g/mol. The number of fused-ring (bicyclic) bond motifs is 4. The molecule has 4 fully saturated rings. The van der Waals surface area contributed by atoms with Gasteiger partial charge in [-0.1, -0.05) is 48.5 Å². The highest BCUT2D eigenvalue weighted by Crippen LogP contribution is 2.39. The summed E-state index contributed by atoms with van der Waals surface area (Å²) < 4.78 is 12.3. The number of carbonyl (C=O) groups excluding carboxylic acids is 2. The van der Waals surface area contributed by atoms with Gasteiger partial charge in [0.1, 0.15) is 17.6 Å². The van der Waals surface area contributed by atoms with E-state index < -0.39 is 11.5 Å². The average molecular weight is 737 g/mol. The maximum absolute atomic E-state index is 14.0. The van der Waals surface area contributed by atoms with E-state index in [-0.39, 0.29) is 29.3 Å². The van der Waals surface area contributed by atoms with Crippen LogP contribution in [0.2, 0.25) is 0 Å². The summed E-state index contributed by atoms with van der Waals surface area (Å²) in [5.41, 5.74) is 1.83. The zero-order valence-electron chi connectivity index (χ0n) is 30.9. The first-order valence-corrected chi connectivity index (χ1v) is 19.5. The van der Waals surface area contributed by atoms with Gasteiger partial charge in [-0.2, -0.15) is 0 Å². The number of esters is 1. The minimum absolute atomic E-state index is 0.0279. The number of H-pyrrole nitrogens is 1. The number of phenolic OH excluding ortho intramolecular Hbond substituents is 1. The molecule has 4 aliphatic rings. The van der Waals surface area contributed by atoms with E-state index in [1.807, 2.05) is 59.5 Å². The Kier molecular flexibility index (Phi) is 12.0. The number of benzene rings is 3. The van der Waals surface area contributed by atoms with Crippen molar-refractivity contribution in [3.8, 4) is 11.5 Å². The normalized spacial score (nSPS) is 21.1. The van der Waals surface area contributed by atoms with Gasteiger partial charge in [0.2, 0.25) is 11.5 Å². The topological polar surface area (TPSA) is 144 Å². The van der Waals surface area contributed by atoms with Gasteiger partial charge in [-0.25, -0.2) is 0 Å². The van der Waals surface area contributed by atoms with Crippen LogP contribution in [0.3, 0.4) is 0 Å². The van der Waals surface area contributed by atoms with Gasteiger partial charge in [0.05, 0.1) is 30.1 Å². The van der Waals surface area contributed by atoms with E-state index in [9.17, 15) is 24.6 Å². The van der Waals surface area contributed by atoms with Crippen LogP contribution in [0, 0.1) is 5.92 Å². The number of aromatic hydroxyl groups is 1. The molecule has 0 aliphatic carbocycles. The lowest BCUT2D eigenvalue weighted by Gasteiger charge is -2.46. The second-order valence-corrected chi connectivity index (χ2v) is 15.1. The van der Waals surface area contributed by atoms with Crippen molar-refractivity contribution in [2.24, 2.45) is 5.92 Å². The van der Waals surface area contributed by atoms with Gasteiger partial charge in [0.25, 0.3) is 0 Å². The van der Waals surface area contributed by atoms with Gasteiger partial charge in [0.15, 0.2) is 0 Å². The summed E-state index contributed by atoms with van der Waals surface area (Å²) in [7, 11) is 0. The summed E-state index contributed by atoms with van der Waals surface area (Å²) >= 11 is 0. The standard InChI is InChI=1S/C43H52N4O7/c48-36-15-13-34(35-14-16-39(50)45-41(35)36)37(49)28-44-21-5-2-6-26-53-33-11-9-30(10-12-33)27-40(51)47-24-19-43(20-25-47,32-7-3-1-4-8-32)42(52)54-38-29-46-22-17-31(38)18-23-46/h1,3-4,7-16,31,37-38,44,48-49H,2,5-6,17-29H2,(H,45,50)/t37?,38-/m0/s1. The largest absolute Gasteiger partial charge is 0.506 e. The van der Waals surface area contributed by atoms with Crippen molar-refractivity contribution >= 4 is 22.8 Å². The molecule has 4 aromatic rings. The predicted molar refractivity (Wildman–Crippen MR) is 207 cm³/mol. The third kappa shape index (κ3) is 8.64. The number of piperidine rings is 4. The highest BCUT2D eigenvalue weighted by atomic mass is 16.5. The second-order valence-electron chi connectivity index (χ2n) is 15.1. The van der Waals surface area contributed by atoms with Gasteiger partial charge >= 0.3 is 5.97 Å². The number of hydrogen-bond donors (Lipinski definition) is 4. The number of likely N-dealkylation sites (tertiary alicyclic amines) is 1. The highest BCUT2D eigenvalue weighted by molar-refractivity contribution is 5.87.